The number of sulfone groups is 1. The Labute approximate surface area is 131 Å². The quantitative estimate of drug-likeness (QED) is 0.742. The van der Waals surface area contributed by atoms with E-state index in [2.05, 4.69) is 4.98 Å². The normalized spacial score (nSPS) is 11.9. The molecule has 1 aromatic heterocycles. The molecule has 3 rings (SSSR count). The molecule has 0 fully saturated rings. The van der Waals surface area contributed by atoms with Crippen molar-refractivity contribution in [2.75, 3.05) is 5.73 Å². The van der Waals surface area contributed by atoms with E-state index in [4.69, 9.17) is 17.3 Å². The van der Waals surface area contributed by atoms with E-state index in [9.17, 15) is 8.42 Å². The molecule has 4 nitrogen and oxygen atoms in total. The molecule has 0 aliphatic rings. The highest BCUT2D eigenvalue weighted by Crippen LogP contribution is 2.29. The maximum Gasteiger partial charge on any atom is 0.186 e. The molecule has 21 heavy (non-hydrogen) atoms. The van der Waals surface area contributed by atoms with Crippen molar-refractivity contribution in [1.29, 1.82) is 0 Å². The summed E-state index contributed by atoms with van der Waals surface area (Å²) in [6.07, 6.45) is 0. The summed E-state index contributed by atoms with van der Waals surface area (Å²) in [6, 6.07) is 12.0. The Morgan fingerprint density at radius 2 is 1.95 bits per heavy atom. The number of thiazole rings is 1. The van der Waals surface area contributed by atoms with Crippen LogP contribution in [0.5, 0.6) is 0 Å². The number of benzene rings is 2. The number of aromatic nitrogens is 1. The van der Waals surface area contributed by atoms with Gasteiger partial charge >= 0.3 is 0 Å². The molecule has 3 aromatic rings. The van der Waals surface area contributed by atoms with Gasteiger partial charge in [0.05, 0.1) is 20.1 Å². The van der Waals surface area contributed by atoms with Crippen molar-refractivity contribution in [1.82, 2.24) is 4.98 Å². The van der Waals surface area contributed by atoms with Crippen LogP contribution in [0.2, 0.25) is 5.02 Å². The summed E-state index contributed by atoms with van der Waals surface area (Å²) in [4.78, 5) is 4.39. The fourth-order valence-electron chi connectivity index (χ4n) is 1.98. The Kier molecular flexibility index (Phi) is 3.61. The topological polar surface area (TPSA) is 73.1 Å². The van der Waals surface area contributed by atoms with Crippen molar-refractivity contribution in [3.8, 4) is 0 Å². The van der Waals surface area contributed by atoms with E-state index in [1.165, 1.54) is 23.5 Å². The van der Waals surface area contributed by atoms with Gasteiger partial charge in [0, 0.05) is 5.69 Å². The van der Waals surface area contributed by atoms with Gasteiger partial charge in [-0.05, 0) is 30.3 Å². The minimum Gasteiger partial charge on any atom is -0.399 e. The van der Waals surface area contributed by atoms with Crippen molar-refractivity contribution < 1.29 is 8.42 Å². The minimum atomic E-state index is -3.58. The first-order valence-corrected chi connectivity index (χ1v) is 8.92. The molecule has 0 bridgehead atoms. The highest BCUT2D eigenvalue weighted by Gasteiger charge is 2.21. The number of rotatable bonds is 3. The van der Waals surface area contributed by atoms with Crippen molar-refractivity contribution in [2.24, 2.45) is 0 Å². The molecule has 0 saturated carbocycles. The summed E-state index contributed by atoms with van der Waals surface area (Å²) in [7, 11) is -3.58. The van der Waals surface area contributed by atoms with E-state index in [0.717, 1.165) is 10.2 Å². The second-order valence-electron chi connectivity index (χ2n) is 4.52. The number of nitrogens with two attached hydrogens (primary N) is 1. The third kappa shape index (κ3) is 2.88. The number of halogens is 1. The summed E-state index contributed by atoms with van der Waals surface area (Å²) in [5, 5.41) is 0.708. The number of fused-ring (bicyclic) bond motifs is 1. The number of hydrogen-bond donors (Lipinski definition) is 1. The Hall–Kier alpha value is -1.63. The van der Waals surface area contributed by atoms with Crippen LogP contribution in [0, 0.1) is 0 Å². The predicted octanol–water partition coefficient (Wildman–Crippen LogP) is 3.51. The lowest BCUT2D eigenvalue weighted by Crippen LogP contribution is -2.06. The zero-order chi connectivity index (χ0) is 15.0. The fraction of sp³-hybridized carbons (Fsp3) is 0.0714. The standard InChI is InChI=1S/C14H11ClN2O2S2/c15-10-6-5-9(16)7-13(10)21(18,19)8-14-17-11-3-1-2-4-12(11)20-14/h1-7H,8,16H2. The molecule has 0 radical (unpaired) electrons. The summed E-state index contributed by atoms with van der Waals surface area (Å²) >= 11 is 7.34. The van der Waals surface area contributed by atoms with Gasteiger partial charge in [0.2, 0.25) is 0 Å². The third-order valence-electron chi connectivity index (χ3n) is 2.94. The molecule has 0 spiro atoms. The van der Waals surface area contributed by atoms with E-state index < -0.39 is 9.84 Å². The van der Waals surface area contributed by atoms with Crippen LogP contribution in [0.25, 0.3) is 10.2 Å². The zero-order valence-corrected chi connectivity index (χ0v) is 13.2. The fourth-order valence-corrected chi connectivity index (χ4v) is 5.14. The molecule has 7 heteroatoms. The van der Waals surface area contributed by atoms with Crippen molar-refractivity contribution in [2.45, 2.75) is 10.6 Å². The molecule has 0 aliphatic heterocycles. The highest BCUT2D eigenvalue weighted by molar-refractivity contribution is 7.91. The van der Waals surface area contributed by atoms with Crippen molar-refractivity contribution in [3.63, 3.8) is 0 Å². The van der Waals surface area contributed by atoms with E-state index >= 15 is 0 Å². The summed E-state index contributed by atoms with van der Waals surface area (Å²) in [6.45, 7) is 0. The van der Waals surface area contributed by atoms with Crippen molar-refractivity contribution in [3.05, 3.63) is 52.5 Å². The van der Waals surface area contributed by atoms with E-state index in [0.29, 0.717) is 10.7 Å². The predicted molar refractivity (Wildman–Crippen MR) is 86.4 cm³/mol. The zero-order valence-electron chi connectivity index (χ0n) is 10.8. The van der Waals surface area contributed by atoms with Gasteiger partial charge in [-0.3, -0.25) is 0 Å². The van der Waals surface area contributed by atoms with Gasteiger partial charge in [0.15, 0.2) is 9.84 Å². The molecule has 108 valence electrons. The van der Waals surface area contributed by atoms with Gasteiger partial charge in [-0.15, -0.1) is 11.3 Å². The maximum absolute atomic E-state index is 12.5. The molecule has 0 unspecified atom stereocenters. The second kappa shape index (κ2) is 5.29. The average Bonchev–Trinajstić information content (AvgIpc) is 2.82. The van der Waals surface area contributed by atoms with E-state index in [-0.39, 0.29) is 15.7 Å². The molecule has 0 atom stereocenters. The van der Waals surface area contributed by atoms with Gasteiger partial charge in [-0.2, -0.15) is 0 Å². The largest absolute Gasteiger partial charge is 0.399 e. The number of para-hydroxylation sites is 1. The second-order valence-corrected chi connectivity index (χ2v) is 8.00. The van der Waals surface area contributed by atoms with E-state index in [1.807, 2.05) is 24.3 Å². The van der Waals surface area contributed by atoms with Crippen LogP contribution < -0.4 is 5.73 Å². The lowest BCUT2D eigenvalue weighted by Gasteiger charge is -2.05. The first-order chi connectivity index (χ1) is 9.95. The van der Waals surface area contributed by atoms with Crippen LogP contribution in [0.15, 0.2) is 47.4 Å². The lowest BCUT2D eigenvalue weighted by atomic mass is 10.3. The summed E-state index contributed by atoms with van der Waals surface area (Å²) in [5.74, 6) is -0.185. The number of nitrogen functional groups attached to an aromatic ring is 1. The van der Waals surface area contributed by atoms with Gasteiger partial charge in [0.1, 0.15) is 10.8 Å². The van der Waals surface area contributed by atoms with Crippen LogP contribution in [0.3, 0.4) is 0 Å². The Morgan fingerprint density at radius 1 is 1.19 bits per heavy atom. The Morgan fingerprint density at radius 3 is 2.71 bits per heavy atom. The van der Waals surface area contributed by atoms with Gasteiger partial charge in [-0.25, -0.2) is 13.4 Å². The van der Waals surface area contributed by atoms with Crippen LogP contribution in [-0.2, 0) is 15.6 Å². The Balaban J connectivity index is 2.01. The monoisotopic (exact) mass is 338 g/mol. The lowest BCUT2D eigenvalue weighted by molar-refractivity contribution is 0.595. The van der Waals surface area contributed by atoms with E-state index in [1.54, 1.807) is 6.07 Å². The van der Waals surface area contributed by atoms with Crippen LogP contribution in [-0.4, -0.2) is 13.4 Å². The van der Waals surface area contributed by atoms with Crippen molar-refractivity contribution >= 4 is 48.7 Å². The van der Waals surface area contributed by atoms with Gasteiger partial charge in [-0.1, -0.05) is 23.7 Å². The van der Waals surface area contributed by atoms with Gasteiger partial charge in [0.25, 0.3) is 0 Å². The summed E-state index contributed by atoms with van der Waals surface area (Å²) < 4.78 is 25.9. The first kappa shape index (κ1) is 14.3. The molecule has 0 saturated heterocycles. The molecule has 0 aliphatic carbocycles. The number of hydrogen-bond acceptors (Lipinski definition) is 5. The molecule has 2 N–H and O–H groups in total. The van der Waals surface area contributed by atoms with Crippen LogP contribution in [0.4, 0.5) is 5.69 Å². The average molecular weight is 339 g/mol. The first-order valence-electron chi connectivity index (χ1n) is 6.08. The molecular weight excluding hydrogens is 328 g/mol. The number of anilines is 1. The molecule has 0 amide bonds. The van der Waals surface area contributed by atoms with Crippen LogP contribution in [0.1, 0.15) is 5.01 Å². The molecule has 1 heterocycles. The summed E-state index contributed by atoms with van der Waals surface area (Å²) in [5.41, 5.74) is 6.80. The smallest absolute Gasteiger partial charge is 0.186 e. The van der Waals surface area contributed by atoms with Crippen LogP contribution >= 0.6 is 22.9 Å². The number of nitrogens with zero attached hydrogens (tertiary/aromatic N) is 1. The third-order valence-corrected chi connectivity index (χ3v) is 6.26. The highest BCUT2D eigenvalue weighted by atomic mass is 35.5. The Bertz CT molecular complexity index is 887. The molecular formula is C14H11ClN2O2S2. The SMILES string of the molecule is Nc1ccc(Cl)c(S(=O)(=O)Cc2nc3ccccc3s2)c1. The maximum atomic E-state index is 12.5. The van der Waals surface area contributed by atoms with Gasteiger partial charge < -0.3 is 5.73 Å². The molecule has 2 aromatic carbocycles. The minimum absolute atomic E-state index is 0.0448.